The van der Waals surface area contributed by atoms with Gasteiger partial charge in [-0.15, -0.1) is 24.0 Å². The van der Waals surface area contributed by atoms with Gasteiger partial charge in [-0.2, -0.15) is 0 Å². The van der Waals surface area contributed by atoms with Crippen molar-refractivity contribution in [2.24, 2.45) is 10.9 Å². The van der Waals surface area contributed by atoms with Crippen molar-refractivity contribution in [2.75, 3.05) is 19.6 Å². The van der Waals surface area contributed by atoms with E-state index in [2.05, 4.69) is 55.7 Å². The molecule has 0 saturated carbocycles. The number of carbonyl (C=O) groups is 1. The number of nitrogens with one attached hydrogen (secondary N) is 2. The molecule has 182 valence electrons. The molecule has 2 heterocycles. The molecule has 0 spiro atoms. The summed E-state index contributed by atoms with van der Waals surface area (Å²) in [6.45, 7) is 8.62. The third-order valence-corrected chi connectivity index (χ3v) is 6.34. The molecule has 1 saturated heterocycles. The molecule has 1 aliphatic rings. The Morgan fingerprint density at radius 1 is 1.12 bits per heavy atom. The van der Waals surface area contributed by atoms with Crippen molar-refractivity contribution in [2.45, 2.75) is 65.0 Å². The lowest BCUT2D eigenvalue weighted by molar-refractivity contribution is -0.136. The first-order valence-electron chi connectivity index (χ1n) is 12.0. The second-order valence-electron chi connectivity index (χ2n) is 8.59. The van der Waals surface area contributed by atoms with Crippen molar-refractivity contribution in [3.63, 3.8) is 0 Å². The molecule has 1 unspecified atom stereocenters. The lowest BCUT2D eigenvalue weighted by Crippen LogP contribution is -2.51. The number of piperidine rings is 1. The van der Waals surface area contributed by atoms with Gasteiger partial charge in [0.15, 0.2) is 5.96 Å². The van der Waals surface area contributed by atoms with Gasteiger partial charge >= 0.3 is 0 Å². The standard InChI is InChI=1S/C26H38N4O2.HI/c1-4-21(5-2)25(31)30-17-14-23(15-18-30)29-26(27-16-13-24-12-9-19-32-24)28-20(3)22-10-7-6-8-11-22;/h6-12,19-21,23H,4-5,13-18H2,1-3H3,(H2,27,28,29);1H. The highest BCUT2D eigenvalue weighted by Crippen LogP contribution is 2.18. The average molecular weight is 567 g/mol. The maximum Gasteiger partial charge on any atom is 0.225 e. The second kappa shape index (κ2) is 14.3. The van der Waals surface area contributed by atoms with E-state index in [1.54, 1.807) is 6.26 Å². The minimum Gasteiger partial charge on any atom is -0.469 e. The quantitative estimate of drug-likeness (QED) is 0.250. The number of nitrogens with zero attached hydrogens (tertiary/aromatic N) is 2. The van der Waals surface area contributed by atoms with Crippen molar-refractivity contribution >= 4 is 35.8 Å². The van der Waals surface area contributed by atoms with Crippen LogP contribution in [0.5, 0.6) is 0 Å². The van der Waals surface area contributed by atoms with E-state index >= 15 is 0 Å². The van der Waals surface area contributed by atoms with Crippen molar-refractivity contribution in [3.05, 3.63) is 60.1 Å². The normalized spacial score (nSPS) is 15.8. The maximum absolute atomic E-state index is 12.7. The van der Waals surface area contributed by atoms with Crippen LogP contribution in [0.4, 0.5) is 0 Å². The van der Waals surface area contributed by atoms with Gasteiger partial charge in [-0.3, -0.25) is 9.79 Å². The minimum atomic E-state index is 0. The van der Waals surface area contributed by atoms with Crippen LogP contribution in [-0.2, 0) is 11.2 Å². The summed E-state index contributed by atoms with van der Waals surface area (Å²) in [7, 11) is 0. The third-order valence-electron chi connectivity index (χ3n) is 6.34. The third kappa shape index (κ3) is 8.36. The summed E-state index contributed by atoms with van der Waals surface area (Å²) < 4.78 is 5.44. The smallest absolute Gasteiger partial charge is 0.225 e. The average Bonchev–Trinajstić information content (AvgIpc) is 3.34. The molecule has 1 atom stereocenters. The van der Waals surface area contributed by atoms with E-state index < -0.39 is 0 Å². The lowest BCUT2D eigenvalue weighted by atomic mass is 9.98. The summed E-state index contributed by atoms with van der Waals surface area (Å²) in [6.07, 6.45) is 6.17. The van der Waals surface area contributed by atoms with Crippen LogP contribution in [-0.4, -0.2) is 42.4 Å². The molecule has 1 amide bonds. The summed E-state index contributed by atoms with van der Waals surface area (Å²) >= 11 is 0. The Kier molecular flexibility index (Phi) is 11.8. The number of rotatable bonds is 9. The number of hydrogen-bond donors (Lipinski definition) is 2. The van der Waals surface area contributed by atoms with Crippen molar-refractivity contribution in [3.8, 4) is 0 Å². The predicted molar refractivity (Wildman–Crippen MR) is 145 cm³/mol. The second-order valence-corrected chi connectivity index (χ2v) is 8.59. The maximum atomic E-state index is 12.7. The molecule has 7 heteroatoms. The van der Waals surface area contributed by atoms with Crippen LogP contribution >= 0.6 is 24.0 Å². The van der Waals surface area contributed by atoms with Gasteiger partial charge in [-0.05, 0) is 50.3 Å². The number of amides is 1. The van der Waals surface area contributed by atoms with Crippen LogP contribution in [0.25, 0.3) is 0 Å². The molecular formula is C26H39IN4O2. The Hall–Kier alpha value is -2.03. The Balaban J connectivity index is 0.00000385. The van der Waals surface area contributed by atoms with E-state index in [9.17, 15) is 4.79 Å². The zero-order valence-corrected chi connectivity index (χ0v) is 22.5. The van der Waals surface area contributed by atoms with E-state index in [1.807, 2.05) is 23.1 Å². The van der Waals surface area contributed by atoms with Crippen LogP contribution in [0, 0.1) is 5.92 Å². The first kappa shape index (κ1) is 27.2. The highest BCUT2D eigenvalue weighted by molar-refractivity contribution is 14.0. The lowest BCUT2D eigenvalue weighted by Gasteiger charge is -2.35. The molecule has 0 aliphatic carbocycles. The van der Waals surface area contributed by atoms with Crippen molar-refractivity contribution < 1.29 is 9.21 Å². The Bertz CT molecular complexity index is 829. The molecule has 1 fully saturated rings. The zero-order chi connectivity index (χ0) is 22.8. The molecular weight excluding hydrogens is 527 g/mol. The summed E-state index contributed by atoms with van der Waals surface area (Å²) in [4.78, 5) is 19.6. The molecule has 1 aromatic carbocycles. The molecule has 33 heavy (non-hydrogen) atoms. The molecule has 3 rings (SSSR count). The van der Waals surface area contributed by atoms with Crippen LogP contribution in [0.2, 0.25) is 0 Å². The predicted octanol–water partition coefficient (Wildman–Crippen LogP) is 5.16. The number of likely N-dealkylation sites (tertiary alicyclic amines) is 1. The van der Waals surface area contributed by atoms with Crippen molar-refractivity contribution in [1.29, 1.82) is 0 Å². The number of furan rings is 1. The van der Waals surface area contributed by atoms with Crippen molar-refractivity contribution in [1.82, 2.24) is 15.5 Å². The number of carbonyl (C=O) groups excluding carboxylic acids is 1. The Morgan fingerprint density at radius 2 is 1.82 bits per heavy atom. The van der Waals surface area contributed by atoms with Gasteiger partial charge in [0.05, 0.1) is 12.3 Å². The fraction of sp³-hybridized carbons (Fsp3) is 0.538. The molecule has 0 radical (unpaired) electrons. The van der Waals surface area contributed by atoms with Crippen LogP contribution in [0.15, 0.2) is 58.1 Å². The van der Waals surface area contributed by atoms with E-state index in [1.165, 1.54) is 5.56 Å². The Labute approximate surface area is 215 Å². The van der Waals surface area contributed by atoms with Gasteiger partial charge in [-0.25, -0.2) is 0 Å². The van der Waals surface area contributed by atoms with Gasteiger partial charge in [0.25, 0.3) is 0 Å². The first-order chi connectivity index (χ1) is 15.6. The van der Waals surface area contributed by atoms with Gasteiger partial charge in [0.2, 0.25) is 5.91 Å². The largest absolute Gasteiger partial charge is 0.469 e. The van der Waals surface area contributed by atoms with Gasteiger partial charge < -0.3 is 20.0 Å². The monoisotopic (exact) mass is 566 g/mol. The minimum absolute atomic E-state index is 0. The summed E-state index contributed by atoms with van der Waals surface area (Å²) in [5.74, 6) is 2.23. The highest BCUT2D eigenvalue weighted by atomic mass is 127. The molecule has 1 aliphatic heterocycles. The fourth-order valence-electron chi connectivity index (χ4n) is 4.23. The van der Waals surface area contributed by atoms with Gasteiger partial charge in [0, 0.05) is 38.0 Å². The Morgan fingerprint density at radius 3 is 2.42 bits per heavy atom. The molecule has 0 bridgehead atoms. The summed E-state index contributed by atoms with van der Waals surface area (Å²) in [6, 6.07) is 14.7. The number of halogens is 1. The molecule has 2 N–H and O–H groups in total. The SMILES string of the molecule is CCC(CC)C(=O)N1CCC(NC(=NCCc2ccco2)NC(C)c2ccccc2)CC1.I. The number of hydrogen-bond acceptors (Lipinski definition) is 3. The van der Waals surface area contributed by atoms with Crippen LogP contribution in [0.3, 0.4) is 0 Å². The zero-order valence-electron chi connectivity index (χ0n) is 20.1. The van der Waals surface area contributed by atoms with E-state index in [0.29, 0.717) is 18.5 Å². The molecule has 6 nitrogen and oxygen atoms in total. The van der Waals surface area contributed by atoms with Gasteiger partial charge in [0.1, 0.15) is 5.76 Å². The number of aliphatic imine (C=N–C) groups is 1. The number of guanidine groups is 1. The highest BCUT2D eigenvalue weighted by Gasteiger charge is 2.27. The first-order valence-corrected chi connectivity index (χ1v) is 12.0. The van der Waals surface area contributed by atoms with Gasteiger partial charge in [-0.1, -0.05) is 44.2 Å². The molecule has 1 aromatic heterocycles. The number of benzene rings is 1. The molecule has 2 aromatic rings. The van der Waals surface area contributed by atoms with E-state index in [-0.39, 0.29) is 35.9 Å². The summed E-state index contributed by atoms with van der Waals surface area (Å²) in [5.41, 5.74) is 1.22. The van der Waals surface area contributed by atoms with E-state index in [0.717, 1.165) is 56.9 Å². The van der Waals surface area contributed by atoms with Crippen LogP contribution < -0.4 is 10.6 Å². The topological polar surface area (TPSA) is 69.9 Å². The fourth-order valence-corrected chi connectivity index (χ4v) is 4.23. The van der Waals surface area contributed by atoms with E-state index in [4.69, 9.17) is 9.41 Å². The summed E-state index contributed by atoms with van der Waals surface area (Å²) in [5, 5.41) is 7.18. The van der Waals surface area contributed by atoms with Crippen LogP contribution in [0.1, 0.15) is 63.8 Å².